The second-order valence-corrected chi connectivity index (χ2v) is 9.94. The molecule has 0 saturated carbocycles. The molecule has 2 rings (SSSR count). The fourth-order valence-corrected chi connectivity index (χ4v) is 4.57. The van der Waals surface area contributed by atoms with Crippen molar-refractivity contribution in [1.82, 2.24) is 4.72 Å². The topological polar surface area (TPSA) is 101 Å². The second-order valence-electron chi connectivity index (χ2n) is 7.73. The summed E-state index contributed by atoms with van der Waals surface area (Å²) in [4.78, 5) is 23.1. The summed E-state index contributed by atoms with van der Waals surface area (Å²) >= 11 is 5.85. The number of unbranched alkanes of at least 4 members (excludes halogenated alkanes) is 7. The van der Waals surface area contributed by atoms with Gasteiger partial charge in [-0.05, 0) is 49.2 Å². The quantitative estimate of drug-likeness (QED) is 0.261. The Hall–Kier alpha value is -2.22. The molecule has 8 heteroatoms. The van der Waals surface area contributed by atoms with Gasteiger partial charge in [-0.15, -0.1) is 0 Å². The van der Waals surface area contributed by atoms with Crippen molar-refractivity contribution >= 4 is 33.4 Å². The van der Waals surface area contributed by atoms with Gasteiger partial charge in [0, 0.05) is 29.1 Å². The van der Waals surface area contributed by atoms with Crippen molar-refractivity contribution in [2.45, 2.75) is 62.7 Å². The lowest BCUT2D eigenvalue weighted by atomic mass is 10.0. The lowest BCUT2D eigenvalue weighted by Crippen LogP contribution is -2.25. The maximum Gasteiger partial charge on any atom is 0.303 e. The number of halogens is 1. The Morgan fingerprint density at radius 2 is 1.41 bits per heavy atom. The molecule has 0 fully saturated rings. The molecule has 0 spiro atoms. The predicted molar refractivity (Wildman–Crippen MR) is 126 cm³/mol. The van der Waals surface area contributed by atoms with E-state index in [1.807, 2.05) is 0 Å². The van der Waals surface area contributed by atoms with Gasteiger partial charge in [-0.25, -0.2) is 13.1 Å². The van der Waals surface area contributed by atoms with E-state index in [0.29, 0.717) is 22.7 Å². The van der Waals surface area contributed by atoms with Crippen LogP contribution < -0.4 is 4.72 Å². The van der Waals surface area contributed by atoms with Crippen LogP contribution >= 0.6 is 11.6 Å². The standard InChI is InChI=1S/C24H30ClNO5S/c25-21-15-13-19(14-16-21)24(29)20-10-9-11-22(18-20)32(30,31)26-17-8-6-4-2-1-3-5-7-12-23(27)28/h9-11,13-16,18,26H,1-8,12,17H2,(H,27,28). The molecule has 0 saturated heterocycles. The number of ketones is 1. The molecule has 0 aliphatic heterocycles. The Morgan fingerprint density at radius 1 is 0.812 bits per heavy atom. The van der Waals surface area contributed by atoms with Crippen molar-refractivity contribution in [3.63, 3.8) is 0 Å². The molecule has 2 N–H and O–H groups in total. The van der Waals surface area contributed by atoms with Crippen LogP contribution in [0.25, 0.3) is 0 Å². The van der Waals surface area contributed by atoms with E-state index in [-0.39, 0.29) is 17.1 Å². The molecule has 0 aromatic heterocycles. The lowest BCUT2D eigenvalue weighted by molar-refractivity contribution is -0.137. The molecule has 0 aliphatic rings. The van der Waals surface area contributed by atoms with E-state index in [0.717, 1.165) is 51.4 Å². The number of nitrogens with one attached hydrogen (secondary N) is 1. The molecule has 0 atom stereocenters. The van der Waals surface area contributed by atoms with Crippen LogP contribution in [-0.4, -0.2) is 31.8 Å². The molecular weight excluding hydrogens is 450 g/mol. The minimum absolute atomic E-state index is 0.0682. The molecule has 0 radical (unpaired) electrons. The first-order chi connectivity index (χ1) is 15.3. The molecule has 6 nitrogen and oxygen atoms in total. The van der Waals surface area contributed by atoms with Crippen LogP contribution in [0.2, 0.25) is 5.02 Å². The van der Waals surface area contributed by atoms with Crippen LogP contribution in [-0.2, 0) is 14.8 Å². The highest BCUT2D eigenvalue weighted by atomic mass is 35.5. The van der Waals surface area contributed by atoms with Crippen molar-refractivity contribution in [3.05, 3.63) is 64.7 Å². The summed E-state index contributed by atoms with van der Waals surface area (Å²) in [6.07, 6.45) is 7.74. The van der Waals surface area contributed by atoms with E-state index < -0.39 is 16.0 Å². The molecule has 2 aromatic rings. The minimum atomic E-state index is -3.69. The Balaban J connectivity index is 1.73. The zero-order valence-electron chi connectivity index (χ0n) is 18.1. The smallest absolute Gasteiger partial charge is 0.303 e. The molecule has 0 bridgehead atoms. The second kappa shape index (κ2) is 13.4. The minimum Gasteiger partial charge on any atom is -0.481 e. The third-order valence-electron chi connectivity index (χ3n) is 5.12. The molecule has 32 heavy (non-hydrogen) atoms. The van der Waals surface area contributed by atoms with Crippen LogP contribution in [0.1, 0.15) is 73.7 Å². The van der Waals surface area contributed by atoms with Gasteiger partial charge in [0.2, 0.25) is 10.0 Å². The van der Waals surface area contributed by atoms with Gasteiger partial charge in [0.25, 0.3) is 0 Å². The molecule has 0 heterocycles. The number of benzene rings is 2. The van der Waals surface area contributed by atoms with Gasteiger partial charge in [-0.1, -0.05) is 62.3 Å². The molecule has 0 unspecified atom stereocenters. The van der Waals surface area contributed by atoms with Crippen molar-refractivity contribution in [3.8, 4) is 0 Å². The first-order valence-corrected chi connectivity index (χ1v) is 12.8. The molecular formula is C24H30ClNO5S. The maximum absolute atomic E-state index is 12.6. The maximum atomic E-state index is 12.6. The average Bonchev–Trinajstić information content (AvgIpc) is 2.77. The number of carbonyl (C=O) groups excluding carboxylic acids is 1. The van der Waals surface area contributed by atoms with Crippen LogP contribution in [0.5, 0.6) is 0 Å². The number of sulfonamides is 1. The fourth-order valence-electron chi connectivity index (χ4n) is 3.32. The number of carboxylic acid groups (broad SMARTS) is 1. The van der Waals surface area contributed by atoms with E-state index in [9.17, 15) is 18.0 Å². The van der Waals surface area contributed by atoms with Crippen molar-refractivity contribution < 1.29 is 23.1 Å². The predicted octanol–water partition coefficient (Wildman–Crippen LogP) is 5.44. The van der Waals surface area contributed by atoms with Gasteiger partial charge in [0.1, 0.15) is 0 Å². The summed E-state index contributed by atoms with van der Waals surface area (Å²) in [5, 5.41) is 9.12. The molecule has 0 aliphatic carbocycles. The summed E-state index contributed by atoms with van der Waals surface area (Å²) in [6, 6.07) is 12.5. The SMILES string of the molecule is O=C(O)CCCCCCCCCCNS(=O)(=O)c1cccc(C(=O)c2ccc(Cl)cc2)c1. The van der Waals surface area contributed by atoms with Crippen molar-refractivity contribution in [2.24, 2.45) is 0 Å². The number of rotatable bonds is 15. The number of carbonyl (C=O) groups is 2. The van der Waals surface area contributed by atoms with E-state index in [1.165, 1.54) is 12.1 Å². The number of hydrogen-bond donors (Lipinski definition) is 2. The largest absolute Gasteiger partial charge is 0.481 e. The highest BCUT2D eigenvalue weighted by molar-refractivity contribution is 7.89. The highest BCUT2D eigenvalue weighted by Gasteiger charge is 2.16. The zero-order chi connectivity index (χ0) is 23.4. The third-order valence-corrected chi connectivity index (χ3v) is 6.83. The third kappa shape index (κ3) is 9.10. The summed E-state index contributed by atoms with van der Waals surface area (Å²) in [5.74, 6) is -1.01. The molecule has 174 valence electrons. The first kappa shape index (κ1) is 26.0. The van der Waals surface area contributed by atoms with Gasteiger partial charge in [0.15, 0.2) is 5.78 Å². The molecule has 0 amide bonds. The zero-order valence-corrected chi connectivity index (χ0v) is 19.6. The lowest BCUT2D eigenvalue weighted by Gasteiger charge is -2.08. The van der Waals surface area contributed by atoms with E-state index >= 15 is 0 Å². The summed E-state index contributed by atoms with van der Waals surface area (Å²) in [6.45, 7) is 0.344. The first-order valence-electron chi connectivity index (χ1n) is 10.9. The van der Waals surface area contributed by atoms with Gasteiger partial charge >= 0.3 is 5.97 Å². The van der Waals surface area contributed by atoms with Gasteiger partial charge in [-0.2, -0.15) is 0 Å². The molecule has 2 aromatic carbocycles. The van der Waals surface area contributed by atoms with Crippen LogP contribution in [0, 0.1) is 0 Å². The number of carboxylic acids is 1. The Labute approximate surface area is 195 Å². The summed E-state index contributed by atoms with van der Waals surface area (Å²) < 4.78 is 27.8. The number of aliphatic carboxylic acids is 1. The van der Waals surface area contributed by atoms with E-state index in [1.54, 1.807) is 36.4 Å². The summed E-state index contributed by atoms with van der Waals surface area (Å²) in [5.41, 5.74) is 0.748. The monoisotopic (exact) mass is 479 g/mol. The van der Waals surface area contributed by atoms with Crippen molar-refractivity contribution in [2.75, 3.05) is 6.54 Å². The van der Waals surface area contributed by atoms with Crippen LogP contribution in [0.3, 0.4) is 0 Å². The Morgan fingerprint density at radius 3 is 2.03 bits per heavy atom. The van der Waals surface area contributed by atoms with Crippen LogP contribution in [0.4, 0.5) is 0 Å². The average molecular weight is 480 g/mol. The Kier molecular flexibility index (Phi) is 10.9. The van der Waals surface area contributed by atoms with Crippen LogP contribution in [0.15, 0.2) is 53.4 Å². The summed E-state index contributed by atoms with van der Waals surface area (Å²) in [7, 11) is -3.69. The van der Waals surface area contributed by atoms with Crippen molar-refractivity contribution in [1.29, 1.82) is 0 Å². The Bertz CT molecular complexity index is 990. The number of hydrogen-bond acceptors (Lipinski definition) is 4. The van der Waals surface area contributed by atoms with Gasteiger partial charge in [0.05, 0.1) is 4.90 Å². The highest BCUT2D eigenvalue weighted by Crippen LogP contribution is 2.17. The van der Waals surface area contributed by atoms with Gasteiger partial charge in [-0.3, -0.25) is 9.59 Å². The normalized spacial score (nSPS) is 11.4. The van der Waals surface area contributed by atoms with Gasteiger partial charge < -0.3 is 5.11 Å². The fraction of sp³-hybridized carbons (Fsp3) is 0.417. The van der Waals surface area contributed by atoms with E-state index in [2.05, 4.69) is 4.72 Å². The van der Waals surface area contributed by atoms with E-state index in [4.69, 9.17) is 16.7 Å².